The van der Waals surface area contributed by atoms with E-state index < -0.39 is 5.83 Å². The monoisotopic (exact) mass is 416 g/mol. The van der Waals surface area contributed by atoms with Gasteiger partial charge in [-0.1, -0.05) is 30.3 Å². The van der Waals surface area contributed by atoms with Gasteiger partial charge >= 0.3 is 0 Å². The van der Waals surface area contributed by atoms with Crippen molar-refractivity contribution in [2.75, 3.05) is 12.8 Å². The molecule has 0 bridgehead atoms. The van der Waals surface area contributed by atoms with Crippen molar-refractivity contribution in [3.63, 3.8) is 0 Å². The molecule has 6 nitrogen and oxygen atoms in total. The highest BCUT2D eigenvalue weighted by molar-refractivity contribution is 6.02. The maximum atomic E-state index is 15.0. The van der Waals surface area contributed by atoms with Crippen LogP contribution in [0.5, 0.6) is 0 Å². The molecule has 0 fully saturated rings. The standard InChI is InChI=1S/C24H25FN6/c1-15-11-18(9-10-30-15)17-5-3-16(4-6-17)14-31-24(29-2)22(25)23(28)19-7-8-21(27)20(12-19)13-26/h3-13,26H,14,27-28H2,1-2H3,(H,29,31). The Hall–Kier alpha value is -4.00. The first-order valence-electron chi connectivity index (χ1n) is 9.71. The average molecular weight is 417 g/mol. The van der Waals surface area contributed by atoms with Crippen molar-refractivity contribution in [3.8, 4) is 11.1 Å². The number of rotatable bonds is 6. The van der Waals surface area contributed by atoms with Crippen molar-refractivity contribution in [3.05, 3.63) is 89.0 Å². The number of aliphatic imine (C=N–C) groups is 1. The number of pyridine rings is 1. The van der Waals surface area contributed by atoms with Gasteiger partial charge in [-0.05, 0) is 47.9 Å². The van der Waals surface area contributed by atoms with Crippen molar-refractivity contribution < 1.29 is 4.39 Å². The van der Waals surface area contributed by atoms with E-state index in [1.807, 2.05) is 43.3 Å². The second-order valence-corrected chi connectivity index (χ2v) is 7.02. The molecule has 7 heteroatoms. The topological polar surface area (TPSA) is 113 Å². The van der Waals surface area contributed by atoms with E-state index in [9.17, 15) is 4.39 Å². The van der Waals surface area contributed by atoms with Gasteiger partial charge in [-0.2, -0.15) is 0 Å². The van der Waals surface area contributed by atoms with Crippen LogP contribution in [0.15, 0.2) is 71.6 Å². The molecule has 0 saturated carbocycles. The Morgan fingerprint density at radius 1 is 1.13 bits per heavy atom. The first-order chi connectivity index (χ1) is 14.9. The number of halogens is 1. The predicted molar refractivity (Wildman–Crippen MR) is 126 cm³/mol. The summed E-state index contributed by atoms with van der Waals surface area (Å²) in [6.07, 6.45) is 2.89. The number of anilines is 1. The number of hydrogen-bond donors (Lipinski definition) is 4. The van der Waals surface area contributed by atoms with Gasteiger partial charge in [0.05, 0.1) is 5.70 Å². The third-order valence-corrected chi connectivity index (χ3v) is 4.87. The summed E-state index contributed by atoms with van der Waals surface area (Å²) in [5.41, 5.74) is 17.2. The Bertz CT molecular complexity index is 1150. The van der Waals surface area contributed by atoms with Crippen LogP contribution in [0.2, 0.25) is 0 Å². The molecule has 0 radical (unpaired) electrons. The predicted octanol–water partition coefficient (Wildman–Crippen LogP) is 4.05. The zero-order valence-electron chi connectivity index (χ0n) is 17.5. The van der Waals surface area contributed by atoms with Crippen LogP contribution in [0.1, 0.15) is 22.4 Å². The maximum absolute atomic E-state index is 15.0. The van der Waals surface area contributed by atoms with Crippen LogP contribution in [-0.4, -0.2) is 24.1 Å². The Morgan fingerprint density at radius 3 is 2.52 bits per heavy atom. The quantitative estimate of drug-likeness (QED) is 0.276. The van der Waals surface area contributed by atoms with Crippen LogP contribution >= 0.6 is 0 Å². The van der Waals surface area contributed by atoms with E-state index in [0.29, 0.717) is 23.4 Å². The van der Waals surface area contributed by atoms with Gasteiger partial charge in [0, 0.05) is 48.5 Å². The number of aryl methyl sites for hydroxylation is 1. The van der Waals surface area contributed by atoms with Gasteiger partial charge < -0.3 is 22.2 Å². The van der Waals surface area contributed by atoms with Crippen molar-refractivity contribution in [2.24, 2.45) is 10.7 Å². The van der Waals surface area contributed by atoms with Gasteiger partial charge in [-0.15, -0.1) is 0 Å². The van der Waals surface area contributed by atoms with Gasteiger partial charge in [0.15, 0.2) is 11.7 Å². The molecule has 0 aliphatic heterocycles. The fourth-order valence-electron chi connectivity index (χ4n) is 3.10. The number of nitrogen functional groups attached to an aromatic ring is 1. The Kier molecular flexibility index (Phi) is 6.77. The van der Waals surface area contributed by atoms with Gasteiger partial charge in [-0.3, -0.25) is 9.98 Å². The molecule has 0 aliphatic rings. The highest BCUT2D eigenvalue weighted by Crippen LogP contribution is 2.21. The summed E-state index contributed by atoms with van der Waals surface area (Å²) < 4.78 is 15.0. The molecule has 2 aromatic carbocycles. The lowest BCUT2D eigenvalue weighted by Gasteiger charge is -2.12. The number of nitrogens with zero attached hydrogens (tertiary/aromatic N) is 2. The number of nitrogens with one attached hydrogen (secondary N) is 2. The summed E-state index contributed by atoms with van der Waals surface area (Å²) in [5, 5.41) is 10.4. The second-order valence-electron chi connectivity index (χ2n) is 7.02. The first kappa shape index (κ1) is 21.7. The average Bonchev–Trinajstić information content (AvgIpc) is 2.79. The molecule has 158 valence electrons. The lowest BCUT2D eigenvalue weighted by Crippen LogP contribution is -2.25. The number of amidine groups is 1. The van der Waals surface area contributed by atoms with E-state index >= 15 is 0 Å². The summed E-state index contributed by atoms with van der Waals surface area (Å²) in [5.74, 6) is -0.605. The van der Waals surface area contributed by atoms with Crippen molar-refractivity contribution >= 4 is 23.4 Å². The van der Waals surface area contributed by atoms with Crippen LogP contribution in [0.3, 0.4) is 0 Å². The molecule has 0 saturated heterocycles. The van der Waals surface area contributed by atoms with E-state index in [4.69, 9.17) is 16.9 Å². The number of aromatic nitrogens is 1. The number of benzene rings is 2. The molecule has 31 heavy (non-hydrogen) atoms. The van der Waals surface area contributed by atoms with Crippen LogP contribution < -0.4 is 16.8 Å². The zero-order valence-corrected chi connectivity index (χ0v) is 17.5. The highest BCUT2D eigenvalue weighted by Gasteiger charge is 2.13. The Morgan fingerprint density at radius 2 is 1.87 bits per heavy atom. The summed E-state index contributed by atoms with van der Waals surface area (Å²) in [4.78, 5) is 8.22. The molecule has 3 aromatic rings. The Balaban J connectivity index is 1.74. The van der Waals surface area contributed by atoms with Crippen molar-refractivity contribution in [1.29, 1.82) is 5.41 Å². The molecule has 0 unspecified atom stereocenters. The molecule has 0 amide bonds. The molecular weight excluding hydrogens is 391 g/mol. The molecule has 3 rings (SSSR count). The van der Waals surface area contributed by atoms with E-state index in [2.05, 4.69) is 15.3 Å². The van der Waals surface area contributed by atoms with Gasteiger partial charge in [0.2, 0.25) is 0 Å². The summed E-state index contributed by atoms with van der Waals surface area (Å²) in [7, 11) is 1.50. The Labute approximate surface area is 181 Å². The van der Waals surface area contributed by atoms with E-state index in [0.717, 1.165) is 28.6 Å². The van der Waals surface area contributed by atoms with Crippen LogP contribution in [0, 0.1) is 12.3 Å². The third kappa shape index (κ3) is 5.14. The zero-order chi connectivity index (χ0) is 22.4. The van der Waals surface area contributed by atoms with Gasteiger partial charge in [0.25, 0.3) is 0 Å². The minimum atomic E-state index is -0.660. The minimum Gasteiger partial charge on any atom is -0.398 e. The van der Waals surface area contributed by atoms with Gasteiger partial charge in [0.1, 0.15) is 0 Å². The SMILES string of the molecule is CN=C(NCc1ccc(-c2ccnc(C)c2)cc1)C(F)=C(N)c1ccc(N)c(C=N)c1. The van der Waals surface area contributed by atoms with Crippen LogP contribution in [0.25, 0.3) is 16.8 Å². The smallest absolute Gasteiger partial charge is 0.188 e. The van der Waals surface area contributed by atoms with E-state index in [1.165, 1.54) is 7.05 Å². The second kappa shape index (κ2) is 9.67. The van der Waals surface area contributed by atoms with Crippen molar-refractivity contribution in [1.82, 2.24) is 10.3 Å². The summed E-state index contributed by atoms with van der Waals surface area (Å²) >= 11 is 0. The fourth-order valence-corrected chi connectivity index (χ4v) is 3.10. The maximum Gasteiger partial charge on any atom is 0.188 e. The minimum absolute atomic E-state index is 0.0552. The van der Waals surface area contributed by atoms with E-state index in [-0.39, 0.29) is 11.5 Å². The lowest BCUT2D eigenvalue weighted by atomic mass is 10.0. The first-order valence-corrected chi connectivity index (χ1v) is 9.71. The molecule has 1 heterocycles. The number of nitrogens with two attached hydrogens (primary N) is 2. The largest absolute Gasteiger partial charge is 0.398 e. The molecule has 6 N–H and O–H groups in total. The normalized spacial score (nSPS) is 12.3. The molecule has 0 spiro atoms. The third-order valence-electron chi connectivity index (χ3n) is 4.87. The molecule has 0 atom stereocenters. The number of hydrogen-bond acceptors (Lipinski definition) is 5. The molecule has 1 aromatic heterocycles. The molecule has 0 aliphatic carbocycles. The highest BCUT2D eigenvalue weighted by atomic mass is 19.1. The summed E-state index contributed by atoms with van der Waals surface area (Å²) in [6.45, 7) is 2.34. The van der Waals surface area contributed by atoms with E-state index in [1.54, 1.807) is 24.4 Å². The molecular formula is C24H25FN6. The van der Waals surface area contributed by atoms with Crippen LogP contribution in [0.4, 0.5) is 10.1 Å². The summed E-state index contributed by atoms with van der Waals surface area (Å²) in [6, 6.07) is 16.8. The fraction of sp³-hybridized carbons (Fsp3) is 0.125. The lowest BCUT2D eigenvalue weighted by molar-refractivity contribution is 0.669. The van der Waals surface area contributed by atoms with Crippen molar-refractivity contribution in [2.45, 2.75) is 13.5 Å². The van der Waals surface area contributed by atoms with Gasteiger partial charge in [-0.25, -0.2) is 4.39 Å². The van der Waals surface area contributed by atoms with Crippen LogP contribution in [-0.2, 0) is 6.54 Å².